The number of methoxy groups -OCH3 is 1. The Balaban J connectivity index is 1.67. The molecule has 0 aliphatic heterocycles. The van der Waals surface area contributed by atoms with Gasteiger partial charge in [-0.3, -0.25) is 0 Å². The molecule has 0 atom stereocenters. The number of rotatable bonds is 6. The fourth-order valence-corrected chi connectivity index (χ4v) is 1.98. The van der Waals surface area contributed by atoms with Crippen molar-refractivity contribution in [1.82, 2.24) is 15.5 Å². The van der Waals surface area contributed by atoms with Gasteiger partial charge in [-0.05, 0) is 38.3 Å². The largest absolute Gasteiger partial charge is 0.480 e. The first-order chi connectivity index (χ1) is 8.38. The van der Waals surface area contributed by atoms with Crippen molar-refractivity contribution in [3.05, 3.63) is 29.5 Å². The van der Waals surface area contributed by atoms with Crippen LogP contribution in [-0.2, 0) is 6.54 Å². The van der Waals surface area contributed by atoms with Crippen molar-refractivity contribution in [1.29, 1.82) is 0 Å². The summed E-state index contributed by atoms with van der Waals surface area (Å²) in [5, 5.41) is 11.4. The van der Waals surface area contributed by atoms with E-state index in [0.717, 1.165) is 25.2 Å². The van der Waals surface area contributed by atoms with Crippen LogP contribution in [0.3, 0.4) is 0 Å². The molecule has 4 heteroatoms. The van der Waals surface area contributed by atoms with E-state index < -0.39 is 0 Å². The number of allylic oxidation sites excluding steroid dienone is 1. The van der Waals surface area contributed by atoms with Crippen LogP contribution in [-0.4, -0.2) is 23.9 Å². The lowest BCUT2D eigenvalue weighted by Gasteiger charge is -2.05. The second-order valence-corrected chi connectivity index (χ2v) is 4.25. The molecular weight excluding hydrogens is 214 g/mol. The molecule has 0 amide bonds. The van der Waals surface area contributed by atoms with Crippen molar-refractivity contribution < 1.29 is 4.74 Å². The number of hydrogen-bond donors (Lipinski definition) is 1. The third-order valence-electron chi connectivity index (χ3n) is 2.97. The first kappa shape index (κ1) is 12.0. The van der Waals surface area contributed by atoms with Gasteiger partial charge in [-0.2, -0.15) is 5.10 Å². The molecular formula is C13H19N3O. The normalized spacial score (nSPS) is 14.8. The van der Waals surface area contributed by atoms with Gasteiger partial charge in [0.1, 0.15) is 0 Å². The van der Waals surface area contributed by atoms with Crippen LogP contribution in [0.25, 0.3) is 0 Å². The molecule has 0 spiro atoms. The van der Waals surface area contributed by atoms with E-state index in [1.54, 1.807) is 12.7 Å². The monoisotopic (exact) mass is 233 g/mol. The van der Waals surface area contributed by atoms with Crippen molar-refractivity contribution in [2.24, 2.45) is 0 Å². The standard InChI is InChI=1S/C13H19N3O/c1-17-13-7-6-12(15-16-13)10-14-9-8-11-4-2-3-5-11/h4,6-7,14H,2-3,5,8-10H2,1H3. The van der Waals surface area contributed by atoms with Gasteiger partial charge in [0.2, 0.25) is 5.88 Å². The summed E-state index contributed by atoms with van der Waals surface area (Å²) >= 11 is 0. The van der Waals surface area contributed by atoms with Crippen LogP contribution in [0.5, 0.6) is 5.88 Å². The van der Waals surface area contributed by atoms with Gasteiger partial charge in [-0.25, -0.2) is 0 Å². The molecule has 2 rings (SSSR count). The highest BCUT2D eigenvalue weighted by Crippen LogP contribution is 2.19. The summed E-state index contributed by atoms with van der Waals surface area (Å²) in [5.41, 5.74) is 2.55. The van der Waals surface area contributed by atoms with Crippen molar-refractivity contribution in [2.45, 2.75) is 32.2 Å². The van der Waals surface area contributed by atoms with Gasteiger partial charge in [-0.1, -0.05) is 11.6 Å². The lowest BCUT2D eigenvalue weighted by atomic mass is 10.2. The quantitative estimate of drug-likeness (QED) is 0.603. The number of nitrogens with one attached hydrogen (secondary N) is 1. The number of ether oxygens (including phenoxy) is 1. The van der Waals surface area contributed by atoms with Crippen molar-refractivity contribution in [2.75, 3.05) is 13.7 Å². The summed E-state index contributed by atoms with van der Waals surface area (Å²) in [4.78, 5) is 0. The maximum atomic E-state index is 4.96. The van der Waals surface area contributed by atoms with Gasteiger partial charge in [0.05, 0.1) is 12.8 Å². The van der Waals surface area contributed by atoms with E-state index >= 15 is 0 Å². The molecule has 0 saturated carbocycles. The highest BCUT2D eigenvalue weighted by Gasteiger charge is 2.03. The maximum absolute atomic E-state index is 4.96. The summed E-state index contributed by atoms with van der Waals surface area (Å²) in [6, 6.07) is 3.77. The zero-order valence-electron chi connectivity index (χ0n) is 10.3. The molecule has 0 radical (unpaired) electrons. The van der Waals surface area contributed by atoms with Gasteiger partial charge in [0.15, 0.2) is 0 Å². The Kier molecular flexibility index (Phi) is 4.50. The minimum atomic E-state index is 0.560. The van der Waals surface area contributed by atoms with Crippen molar-refractivity contribution in [3.8, 4) is 5.88 Å². The van der Waals surface area contributed by atoms with E-state index in [1.807, 2.05) is 12.1 Å². The molecule has 0 fully saturated rings. The van der Waals surface area contributed by atoms with E-state index in [2.05, 4.69) is 21.6 Å². The predicted molar refractivity (Wildman–Crippen MR) is 66.8 cm³/mol. The van der Waals surface area contributed by atoms with E-state index in [-0.39, 0.29) is 0 Å². The third kappa shape index (κ3) is 3.82. The summed E-state index contributed by atoms with van der Waals surface area (Å²) in [6.45, 7) is 1.78. The smallest absolute Gasteiger partial charge is 0.233 e. The van der Waals surface area contributed by atoms with E-state index in [4.69, 9.17) is 4.74 Å². The molecule has 1 aliphatic rings. The maximum Gasteiger partial charge on any atom is 0.233 e. The van der Waals surface area contributed by atoms with Gasteiger partial charge in [0, 0.05) is 12.6 Å². The summed E-state index contributed by atoms with van der Waals surface area (Å²) in [6.07, 6.45) is 7.40. The Labute approximate surface area is 102 Å². The highest BCUT2D eigenvalue weighted by molar-refractivity contribution is 5.11. The Morgan fingerprint density at radius 3 is 2.94 bits per heavy atom. The average Bonchev–Trinajstić information content (AvgIpc) is 2.88. The summed E-state index contributed by atoms with van der Waals surface area (Å²) in [7, 11) is 1.59. The molecule has 4 nitrogen and oxygen atoms in total. The lowest BCUT2D eigenvalue weighted by molar-refractivity contribution is 0.390. The molecule has 0 bridgehead atoms. The zero-order chi connectivity index (χ0) is 11.9. The Bertz CT molecular complexity index is 373. The Morgan fingerprint density at radius 2 is 2.29 bits per heavy atom. The number of hydrogen-bond acceptors (Lipinski definition) is 4. The second-order valence-electron chi connectivity index (χ2n) is 4.25. The summed E-state index contributed by atoms with van der Waals surface area (Å²) < 4.78 is 4.96. The van der Waals surface area contributed by atoms with E-state index in [9.17, 15) is 0 Å². The van der Waals surface area contributed by atoms with E-state index in [1.165, 1.54) is 19.3 Å². The second kappa shape index (κ2) is 6.35. The van der Waals surface area contributed by atoms with Crippen LogP contribution in [0.15, 0.2) is 23.8 Å². The highest BCUT2D eigenvalue weighted by atomic mass is 16.5. The Hall–Kier alpha value is -1.42. The first-order valence-electron chi connectivity index (χ1n) is 6.13. The average molecular weight is 233 g/mol. The lowest BCUT2D eigenvalue weighted by Crippen LogP contribution is -2.16. The van der Waals surface area contributed by atoms with Crippen LogP contribution in [0, 0.1) is 0 Å². The topological polar surface area (TPSA) is 47.0 Å². The molecule has 1 aromatic heterocycles. The fraction of sp³-hybridized carbons (Fsp3) is 0.538. The van der Waals surface area contributed by atoms with Crippen LogP contribution in [0.2, 0.25) is 0 Å². The van der Waals surface area contributed by atoms with Crippen LogP contribution in [0.4, 0.5) is 0 Å². The van der Waals surface area contributed by atoms with Gasteiger partial charge >= 0.3 is 0 Å². The van der Waals surface area contributed by atoms with Gasteiger partial charge < -0.3 is 10.1 Å². The zero-order valence-corrected chi connectivity index (χ0v) is 10.3. The van der Waals surface area contributed by atoms with E-state index in [0.29, 0.717) is 5.88 Å². The minimum absolute atomic E-state index is 0.560. The first-order valence-corrected chi connectivity index (χ1v) is 6.13. The number of aromatic nitrogens is 2. The van der Waals surface area contributed by atoms with Crippen molar-refractivity contribution in [3.63, 3.8) is 0 Å². The van der Waals surface area contributed by atoms with Gasteiger partial charge in [-0.15, -0.1) is 5.10 Å². The predicted octanol–water partition coefficient (Wildman–Crippen LogP) is 2.08. The molecule has 1 N–H and O–H groups in total. The minimum Gasteiger partial charge on any atom is -0.480 e. The molecule has 0 aromatic carbocycles. The molecule has 1 heterocycles. The van der Waals surface area contributed by atoms with Crippen LogP contribution in [0.1, 0.15) is 31.4 Å². The summed E-state index contributed by atoms with van der Waals surface area (Å²) in [5.74, 6) is 0.560. The molecule has 17 heavy (non-hydrogen) atoms. The molecule has 1 aromatic rings. The number of nitrogens with zero attached hydrogens (tertiary/aromatic N) is 2. The van der Waals surface area contributed by atoms with Crippen LogP contribution < -0.4 is 10.1 Å². The molecule has 1 aliphatic carbocycles. The van der Waals surface area contributed by atoms with Crippen LogP contribution >= 0.6 is 0 Å². The molecule has 92 valence electrons. The van der Waals surface area contributed by atoms with Crippen molar-refractivity contribution >= 4 is 0 Å². The fourth-order valence-electron chi connectivity index (χ4n) is 1.98. The molecule has 0 unspecified atom stereocenters. The SMILES string of the molecule is COc1ccc(CNCCC2=CCCC2)nn1. The molecule has 0 saturated heterocycles. The van der Waals surface area contributed by atoms with Gasteiger partial charge in [0.25, 0.3) is 0 Å². The third-order valence-corrected chi connectivity index (χ3v) is 2.97. The Morgan fingerprint density at radius 1 is 1.35 bits per heavy atom.